The average Bonchev–Trinajstić information content (AvgIpc) is 2.80. The van der Waals surface area contributed by atoms with Gasteiger partial charge in [-0.1, -0.05) is 88.7 Å². The first-order chi connectivity index (χ1) is 14.7. The topological polar surface area (TPSA) is 9.23 Å². The zero-order chi connectivity index (χ0) is 20.8. The molecule has 4 rings (SSSR count). The SMILES string of the molecule is CC(C)Oc1ccccc1C=P(C1CCCCC1)(C1CCCCC1)C1CCCCC1.[Ru]. The van der Waals surface area contributed by atoms with Gasteiger partial charge < -0.3 is 4.74 Å². The largest absolute Gasteiger partial charge is 0.490 e. The van der Waals surface area contributed by atoms with E-state index in [1.54, 1.807) is 0 Å². The Balaban J connectivity index is 0.00000272. The Bertz CT molecular complexity index is 657. The van der Waals surface area contributed by atoms with Crippen LogP contribution in [0.5, 0.6) is 5.75 Å². The molecular formula is C28H45OPRu. The summed E-state index contributed by atoms with van der Waals surface area (Å²) in [4.78, 5) is 0. The Morgan fingerprint density at radius 3 is 1.55 bits per heavy atom. The van der Waals surface area contributed by atoms with Crippen LogP contribution in [0.1, 0.15) is 116 Å². The molecule has 3 heteroatoms. The standard InChI is InChI=1S/C28H45OP.Ru/c1-23(2)29-28-21-13-12-14-24(28)22-30(25-15-6-3-7-16-25,26-17-8-4-9-18-26)27-19-10-5-11-20-27;/h12-14,21-23,25-27H,3-11,15-20H2,1-2H3;. The molecule has 176 valence electrons. The van der Waals surface area contributed by atoms with Crippen LogP contribution in [0.15, 0.2) is 24.3 Å². The summed E-state index contributed by atoms with van der Waals surface area (Å²) in [5, 5.41) is 0. The maximum Gasteiger partial charge on any atom is 0.126 e. The van der Waals surface area contributed by atoms with Crippen molar-refractivity contribution < 1.29 is 24.2 Å². The summed E-state index contributed by atoms with van der Waals surface area (Å²) in [7, 11) is 0. The van der Waals surface area contributed by atoms with Gasteiger partial charge in [0.25, 0.3) is 0 Å². The van der Waals surface area contributed by atoms with Crippen molar-refractivity contribution in [1.29, 1.82) is 0 Å². The predicted molar refractivity (Wildman–Crippen MR) is 135 cm³/mol. The first-order valence-electron chi connectivity index (χ1n) is 13.2. The Morgan fingerprint density at radius 2 is 1.13 bits per heavy atom. The first kappa shape index (κ1) is 25.6. The second kappa shape index (κ2) is 12.4. The number of rotatable bonds is 6. The van der Waals surface area contributed by atoms with Crippen LogP contribution in [0, 0.1) is 0 Å². The van der Waals surface area contributed by atoms with Crippen LogP contribution in [0.25, 0.3) is 0 Å². The van der Waals surface area contributed by atoms with E-state index < -0.39 is 6.89 Å². The number of benzene rings is 1. The second-order valence-electron chi connectivity index (χ2n) is 10.6. The molecule has 0 aliphatic heterocycles. The summed E-state index contributed by atoms with van der Waals surface area (Å²) in [6.07, 6.45) is 22.5. The van der Waals surface area contributed by atoms with Crippen LogP contribution in [0.4, 0.5) is 0 Å². The zero-order valence-electron chi connectivity index (χ0n) is 20.0. The molecule has 0 unspecified atom stereocenters. The number of ether oxygens (including phenoxy) is 1. The van der Waals surface area contributed by atoms with Crippen LogP contribution >= 0.6 is 6.89 Å². The van der Waals surface area contributed by atoms with Gasteiger partial charge in [0.1, 0.15) is 5.75 Å². The van der Waals surface area contributed by atoms with Crippen LogP contribution in [-0.2, 0) is 19.5 Å². The summed E-state index contributed by atoms with van der Waals surface area (Å²) < 4.78 is 6.34. The number of hydrogen-bond acceptors (Lipinski definition) is 1. The molecule has 3 aliphatic rings. The molecule has 0 spiro atoms. The van der Waals surface area contributed by atoms with Gasteiger partial charge in [-0.3, -0.25) is 0 Å². The van der Waals surface area contributed by atoms with Crippen molar-refractivity contribution in [3.05, 3.63) is 29.8 Å². The van der Waals surface area contributed by atoms with Crippen molar-refractivity contribution >= 4 is 12.7 Å². The molecule has 0 amide bonds. The molecule has 0 bridgehead atoms. The molecule has 0 aromatic heterocycles. The van der Waals surface area contributed by atoms with Gasteiger partial charge >= 0.3 is 0 Å². The quantitative estimate of drug-likeness (QED) is 0.265. The molecule has 3 fully saturated rings. The van der Waals surface area contributed by atoms with Crippen molar-refractivity contribution in [1.82, 2.24) is 0 Å². The van der Waals surface area contributed by atoms with E-state index in [2.05, 4.69) is 43.9 Å². The minimum atomic E-state index is -1.22. The first-order valence-corrected chi connectivity index (χ1v) is 15.3. The molecule has 1 aromatic carbocycles. The maximum absolute atomic E-state index is 6.34. The fourth-order valence-electron chi connectivity index (χ4n) is 6.98. The van der Waals surface area contributed by atoms with Gasteiger partial charge in [-0.05, 0) is 75.4 Å². The van der Waals surface area contributed by atoms with Gasteiger partial charge in [-0.25, -0.2) is 0 Å². The van der Waals surface area contributed by atoms with Crippen LogP contribution in [0.2, 0.25) is 0 Å². The van der Waals surface area contributed by atoms with Gasteiger partial charge in [0.15, 0.2) is 0 Å². The third-order valence-corrected chi connectivity index (χ3v) is 14.3. The second-order valence-corrected chi connectivity index (χ2v) is 14.8. The van der Waals surface area contributed by atoms with Crippen molar-refractivity contribution in [3.8, 4) is 5.75 Å². The normalized spacial score (nSPS) is 22.2. The molecule has 3 saturated carbocycles. The molecule has 3 aliphatic carbocycles. The van der Waals surface area contributed by atoms with Crippen molar-refractivity contribution in [2.75, 3.05) is 0 Å². The van der Waals surface area contributed by atoms with E-state index in [9.17, 15) is 0 Å². The summed E-state index contributed by atoms with van der Waals surface area (Å²) in [5.74, 6) is 4.06. The van der Waals surface area contributed by atoms with Crippen LogP contribution < -0.4 is 4.74 Å². The number of para-hydroxylation sites is 1. The Hall–Kier alpha value is -0.0566. The fraction of sp³-hybridized carbons (Fsp3) is 0.750. The van der Waals surface area contributed by atoms with Crippen molar-refractivity contribution in [2.24, 2.45) is 0 Å². The minimum absolute atomic E-state index is 0. The molecular weight excluding hydrogens is 484 g/mol. The molecule has 0 N–H and O–H groups in total. The molecule has 0 saturated heterocycles. The van der Waals surface area contributed by atoms with Gasteiger partial charge in [0, 0.05) is 25.0 Å². The van der Waals surface area contributed by atoms with Crippen LogP contribution in [-0.4, -0.2) is 28.9 Å². The van der Waals surface area contributed by atoms with E-state index in [1.807, 2.05) is 0 Å². The van der Waals surface area contributed by atoms with E-state index in [4.69, 9.17) is 4.74 Å². The Kier molecular flexibility index (Phi) is 10.2. The van der Waals surface area contributed by atoms with Crippen molar-refractivity contribution in [3.63, 3.8) is 0 Å². The summed E-state index contributed by atoms with van der Waals surface area (Å²) in [6, 6.07) is 9.01. The molecule has 0 atom stereocenters. The molecule has 31 heavy (non-hydrogen) atoms. The zero-order valence-corrected chi connectivity index (χ0v) is 22.6. The smallest absolute Gasteiger partial charge is 0.126 e. The Morgan fingerprint density at radius 1 is 0.710 bits per heavy atom. The van der Waals surface area contributed by atoms with E-state index in [0.717, 1.165) is 22.7 Å². The van der Waals surface area contributed by atoms with Gasteiger partial charge in [0.2, 0.25) is 0 Å². The van der Waals surface area contributed by atoms with Gasteiger partial charge in [-0.15, -0.1) is 0 Å². The third kappa shape index (κ3) is 6.09. The fourth-order valence-corrected chi connectivity index (χ4v) is 13.9. The molecule has 0 heterocycles. The molecule has 1 aromatic rings. The van der Waals surface area contributed by atoms with Gasteiger partial charge in [0.05, 0.1) is 6.10 Å². The van der Waals surface area contributed by atoms with E-state index in [-0.39, 0.29) is 25.6 Å². The van der Waals surface area contributed by atoms with E-state index in [0.29, 0.717) is 0 Å². The summed E-state index contributed by atoms with van der Waals surface area (Å²) >= 11 is 0. The maximum atomic E-state index is 6.34. The Labute approximate surface area is 205 Å². The average molecular weight is 530 g/mol. The van der Waals surface area contributed by atoms with Gasteiger partial charge in [-0.2, -0.15) is 0 Å². The third-order valence-electron chi connectivity index (χ3n) is 8.27. The number of hydrogen-bond donors (Lipinski definition) is 0. The minimum Gasteiger partial charge on any atom is -0.490 e. The molecule has 0 radical (unpaired) electrons. The summed E-state index contributed by atoms with van der Waals surface area (Å²) in [6.45, 7) is 3.12. The predicted octanol–water partition coefficient (Wildman–Crippen LogP) is 8.64. The molecule has 1 nitrogen and oxygen atoms in total. The van der Waals surface area contributed by atoms with Crippen molar-refractivity contribution in [2.45, 2.75) is 133 Å². The monoisotopic (exact) mass is 530 g/mol. The van der Waals surface area contributed by atoms with E-state index >= 15 is 0 Å². The summed E-state index contributed by atoms with van der Waals surface area (Å²) in [5.41, 5.74) is 4.40. The van der Waals surface area contributed by atoms with E-state index in [1.165, 1.54) is 102 Å². The van der Waals surface area contributed by atoms with Crippen LogP contribution in [0.3, 0.4) is 0 Å².